The average molecular weight is 333 g/mol. The molecule has 0 amide bonds. The summed E-state index contributed by atoms with van der Waals surface area (Å²) >= 11 is 0. The fourth-order valence-electron chi connectivity index (χ4n) is 2.71. The van der Waals surface area contributed by atoms with Gasteiger partial charge in [-0.3, -0.25) is 9.78 Å². The van der Waals surface area contributed by atoms with E-state index >= 15 is 0 Å². The number of carbonyl (C=O) groups is 2. The second-order valence-electron chi connectivity index (χ2n) is 6.11. The Morgan fingerprint density at radius 3 is 2.40 bits per heavy atom. The highest BCUT2D eigenvalue weighted by Crippen LogP contribution is 2.20. The molecule has 126 valence electrons. The van der Waals surface area contributed by atoms with Crippen LogP contribution in [0.4, 0.5) is 0 Å². The molecular formula is C21H19NO3. The van der Waals surface area contributed by atoms with Crippen molar-refractivity contribution < 1.29 is 14.3 Å². The molecule has 0 radical (unpaired) electrons. The number of esters is 1. The lowest BCUT2D eigenvalue weighted by Gasteiger charge is -2.14. The molecule has 4 nitrogen and oxygen atoms in total. The van der Waals surface area contributed by atoms with Crippen LogP contribution in [0, 0.1) is 13.8 Å². The Kier molecular flexibility index (Phi) is 4.61. The predicted molar refractivity (Wildman–Crippen MR) is 96.9 cm³/mol. The van der Waals surface area contributed by atoms with E-state index in [1.807, 2.05) is 50.2 Å². The Morgan fingerprint density at radius 2 is 1.68 bits per heavy atom. The van der Waals surface area contributed by atoms with Crippen molar-refractivity contribution in [3.05, 3.63) is 77.0 Å². The van der Waals surface area contributed by atoms with Gasteiger partial charge in [0.2, 0.25) is 5.78 Å². The van der Waals surface area contributed by atoms with Gasteiger partial charge in [0.05, 0.1) is 11.1 Å². The van der Waals surface area contributed by atoms with E-state index in [4.69, 9.17) is 4.74 Å². The number of hydrogen-bond donors (Lipinski definition) is 0. The van der Waals surface area contributed by atoms with E-state index in [-0.39, 0.29) is 5.78 Å². The molecule has 0 fully saturated rings. The number of fused-ring (bicyclic) bond motifs is 1. The van der Waals surface area contributed by atoms with Gasteiger partial charge in [-0.25, -0.2) is 4.79 Å². The summed E-state index contributed by atoms with van der Waals surface area (Å²) in [5, 5.41) is 0.716. The summed E-state index contributed by atoms with van der Waals surface area (Å²) in [5.41, 5.74) is 3.48. The highest BCUT2D eigenvalue weighted by molar-refractivity contribution is 6.06. The monoisotopic (exact) mass is 333 g/mol. The van der Waals surface area contributed by atoms with E-state index in [1.54, 1.807) is 25.1 Å². The van der Waals surface area contributed by atoms with Crippen molar-refractivity contribution in [1.29, 1.82) is 0 Å². The SMILES string of the molecule is Cc1ccc(C(=O)[C@@H](C)OC(=O)c2cc(C)nc3ccccc23)cc1. The fourth-order valence-corrected chi connectivity index (χ4v) is 2.71. The molecule has 0 spiro atoms. The molecule has 25 heavy (non-hydrogen) atoms. The van der Waals surface area contributed by atoms with Crippen molar-refractivity contribution in [2.24, 2.45) is 0 Å². The van der Waals surface area contributed by atoms with Gasteiger partial charge in [0.15, 0.2) is 6.10 Å². The Bertz CT molecular complexity index is 945. The first kappa shape index (κ1) is 16.8. The van der Waals surface area contributed by atoms with E-state index in [0.717, 1.165) is 16.8 Å². The van der Waals surface area contributed by atoms with Gasteiger partial charge in [-0.05, 0) is 32.9 Å². The number of para-hydroxylation sites is 1. The average Bonchev–Trinajstić information content (AvgIpc) is 2.60. The third-order valence-corrected chi connectivity index (χ3v) is 4.05. The Balaban J connectivity index is 1.85. The number of aromatic nitrogens is 1. The molecular weight excluding hydrogens is 314 g/mol. The molecule has 3 rings (SSSR count). The molecule has 0 bridgehead atoms. The number of Topliss-reactive ketones (excluding diaryl/α,β-unsaturated/α-hetero) is 1. The van der Waals surface area contributed by atoms with Gasteiger partial charge in [-0.1, -0.05) is 48.0 Å². The summed E-state index contributed by atoms with van der Waals surface area (Å²) < 4.78 is 5.43. The molecule has 1 atom stereocenters. The number of hydrogen-bond acceptors (Lipinski definition) is 4. The highest BCUT2D eigenvalue weighted by Gasteiger charge is 2.22. The number of carbonyl (C=O) groups excluding carboxylic acids is 2. The second-order valence-corrected chi connectivity index (χ2v) is 6.11. The third kappa shape index (κ3) is 3.58. The molecule has 3 aromatic rings. The lowest BCUT2D eigenvalue weighted by molar-refractivity contribution is 0.0320. The third-order valence-electron chi connectivity index (χ3n) is 4.05. The molecule has 0 N–H and O–H groups in total. The summed E-state index contributed by atoms with van der Waals surface area (Å²) in [6.07, 6.45) is -0.859. The van der Waals surface area contributed by atoms with Crippen molar-refractivity contribution >= 4 is 22.7 Å². The van der Waals surface area contributed by atoms with E-state index in [2.05, 4.69) is 4.98 Å². The first-order valence-corrected chi connectivity index (χ1v) is 8.14. The summed E-state index contributed by atoms with van der Waals surface area (Å²) in [6.45, 7) is 5.37. The standard InChI is InChI=1S/C21H19NO3/c1-13-8-10-16(11-9-13)20(23)15(3)25-21(24)18-12-14(2)22-19-7-5-4-6-17(18)19/h4-12,15H,1-3H3/t15-/m1/s1. The smallest absolute Gasteiger partial charge is 0.339 e. The lowest BCUT2D eigenvalue weighted by atomic mass is 10.1. The number of nitrogens with zero attached hydrogens (tertiary/aromatic N) is 1. The predicted octanol–water partition coefficient (Wildman–Crippen LogP) is 4.28. The second kappa shape index (κ2) is 6.85. The Labute approximate surface area is 146 Å². The van der Waals surface area contributed by atoms with Crippen molar-refractivity contribution in [2.45, 2.75) is 26.9 Å². The maximum Gasteiger partial charge on any atom is 0.339 e. The number of ketones is 1. The number of pyridine rings is 1. The van der Waals surface area contributed by atoms with Gasteiger partial charge >= 0.3 is 5.97 Å². The zero-order valence-electron chi connectivity index (χ0n) is 14.4. The van der Waals surface area contributed by atoms with E-state index < -0.39 is 12.1 Å². The van der Waals surface area contributed by atoms with Crippen LogP contribution in [0.25, 0.3) is 10.9 Å². The highest BCUT2D eigenvalue weighted by atomic mass is 16.5. The van der Waals surface area contributed by atoms with Crippen molar-refractivity contribution in [3.8, 4) is 0 Å². The lowest BCUT2D eigenvalue weighted by Crippen LogP contribution is -2.24. The first-order valence-electron chi connectivity index (χ1n) is 8.14. The fraction of sp³-hybridized carbons (Fsp3) is 0.190. The van der Waals surface area contributed by atoms with Crippen LogP contribution in [0.5, 0.6) is 0 Å². The Hall–Kier alpha value is -3.01. The largest absolute Gasteiger partial charge is 0.451 e. The topological polar surface area (TPSA) is 56.3 Å². The summed E-state index contributed by atoms with van der Waals surface area (Å²) in [7, 11) is 0. The van der Waals surface area contributed by atoms with Crippen LogP contribution in [0.2, 0.25) is 0 Å². The molecule has 2 aromatic carbocycles. The number of ether oxygens (including phenoxy) is 1. The summed E-state index contributed by atoms with van der Waals surface area (Å²) in [4.78, 5) is 29.5. The number of aryl methyl sites for hydroxylation is 2. The number of benzene rings is 2. The van der Waals surface area contributed by atoms with Gasteiger partial charge < -0.3 is 4.74 Å². The minimum atomic E-state index is -0.859. The first-order chi connectivity index (χ1) is 12.0. The van der Waals surface area contributed by atoms with Crippen LogP contribution in [-0.2, 0) is 4.74 Å². The maximum atomic E-state index is 12.6. The molecule has 0 saturated heterocycles. The van der Waals surface area contributed by atoms with Gasteiger partial charge in [0, 0.05) is 16.6 Å². The molecule has 4 heteroatoms. The zero-order chi connectivity index (χ0) is 18.0. The molecule has 1 heterocycles. The van der Waals surface area contributed by atoms with Crippen molar-refractivity contribution in [2.75, 3.05) is 0 Å². The van der Waals surface area contributed by atoms with E-state index in [0.29, 0.717) is 16.5 Å². The van der Waals surface area contributed by atoms with Crippen LogP contribution >= 0.6 is 0 Å². The maximum absolute atomic E-state index is 12.6. The minimum absolute atomic E-state index is 0.219. The Morgan fingerprint density at radius 1 is 1.00 bits per heavy atom. The number of rotatable bonds is 4. The van der Waals surface area contributed by atoms with E-state index in [1.165, 1.54) is 0 Å². The van der Waals surface area contributed by atoms with Gasteiger partial charge in [0.1, 0.15) is 0 Å². The van der Waals surface area contributed by atoms with Gasteiger partial charge in [-0.2, -0.15) is 0 Å². The normalized spacial score (nSPS) is 12.0. The van der Waals surface area contributed by atoms with Gasteiger partial charge in [-0.15, -0.1) is 0 Å². The molecule has 1 aromatic heterocycles. The molecule has 0 aliphatic rings. The molecule has 0 unspecified atom stereocenters. The zero-order valence-corrected chi connectivity index (χ0v) is 14.4. The molecule has 0 aliphatic heterocycles. The van der Waals surface area contributed by atoms with Gasteiger partial charge in [0.25, 0.3) is 0 Å². The van der Waals surface area contributed by atoms with Crippen LogP contribution in [-0.4, -0.2) is 22.8 Å². The van der Waals surface area contributed by atoms with Crippen LogP contribution < -0.4 is 0 Å². The molecule has 0 aliphatic carbocycles. The van der Waals surface area contributed by atoms with Crippen LogP contribution in [0.15, 0.2) is 54.6 Å². The minimum Gasteiger partial charge on any atom is -0.451 e. The molecule has 0 saturated carbocycles. The van der Waals surface area contributed by atoms with Crippen molar-refractivity contribution in [1.82, 2.24) is 4.98 Å². The quantitative estimate of drug-likeness (QED) is 0.528. The van der Waals surface area contributed by atoms with Crippen molar-refractivity contribution in [3.63, 3.8) is 0 Å². The summed E-state index contributed by atoms with van der Waals surface area (Å²) in [6, 6.07) is 16.3. The van der Waals surface area contributed by atoms with Crippen LogP contribution in [0.1, 0.15) is 38.9 Å². The van der Waals surface area contributed by atoms with Crippen LogP contribution in [0.3, 0.4) is 0 Å². The van der Waals surface area contributed by atoms with E-state index in [9.17, 15) is 9.59 Å². The summed E-state index contributed by atoms with van der Waals surface area (Å²) in [5.74, 6) is -0.738.